The van der Waals surface area contributed by atoms with Crippen LogP contribution in [0.25, 0.3) is 0 Å². The van der Waals surface area contributed by atoms with Crippen LogP contribution in [0.3, 0.4) is 0 Å². The highest BCUT2D eigenvalue weighted by atomic mass is 16.6. The van der Waals surface area contributed by atoms with E-state index < -0.39 is 29.7 Å². The minimum Gasteiger partial charge on any atom is -0.444 e. The Morgan fingerprint density at radius 2 is 1.69 bits per heavy atom. The van der Waals surface area contributed by atoms with Gasteiger partial charge in [0.1, 0.15) is 17.7 Å². The Balaban J connectivity index is 3.51. The summed E-state index contributed by atoms with van der Waals surface area (Å²) in [6, 6.07) is 3.71. The fourth-order valence-electron chi connectivity index (χ4n) is 4.01. The van der Waals surface area contributed by atoms with Gasteiger partial charge in [-0.2, -0.15) is 0 Å². The number of aryl methyl sites for hydroxylation is 2. The average Bonchev–Trinajstić information content (AvgIpc) is 2.77. The summed E-state index contributed by atoms with van der Waals surface area (Å²) in [4.78, 5) is 41.6. The summed E-state index contributed by atoms with van der Waals surface area (Å²) in [5.41, 5.74) is 1.99. The van der Waals surface area contributed by atoms with Crippen molar-refractivity contribution in [3.63, 3.8) is 0 Å². The van der Waals surface area contributed by atoms with Gasteiger partial charge < -0.3 is 25.4 Å². The number of aliphatic hydroxyl groups is 1. The Bertz CT molecular complexity index is 880. The Hall–Kier alpha value is -2.61. The molecule has 1 rings (SSSR count). The van der Waals surface area contributed by atoms with Gasteiger partial charge in [-0.25, -0.2) is 4.79 Å². The molecule has 1 aromatic rings. The van der Waals surface area contributed by atoms with Crippen LogP contribution in [0.2, 0.25) is 0 Å². The molecule has 0 bridgehead atoms. The number of ether oxygens (including phenoxy) is 1. The van der Waals surface area contributed by atoms with Crippen LogP contribution in [0.4, 0.5) is 4.79 Å². The predicted molar refractivity (Wildman–Crippen MR) is 143 cm³/mol. The van der Waals surface area contributed by atoms with E-state index in [1.165, 1.54) is 4.90 Å². The average molecular weight is 506 g/mol. The van der Waals surface area contributed by atoms with Crippen molar-refractivity contribution >= 4 is 17.9 Å². The molecule has 0 fully saturated rings. The molecule has 0 heterocycles. The maximum atomic E-state index is 14.0. The Morgan fingerprint density at radius 1 is 1.06 bits per heavy atom. The molecule has 3 amide bonds. The van der Waals surface area contributed by atoms with Crippen LogP contribution in [0.1, 0.15) is 90.5 Å². The molecule has 0 radical (unpaired) electrons. The topological polar surface area (TPSA) is 108 Å². The van der Waals surface area contributed by atoms with Gasteiger partial charge in [-0.05, 0) is 70.6 Å². The summed E-state index contributed by atoms with van der Waals surface area (Å²) in [6.07, 6.45) is 1.63. The summed E-state index contributed by atoms with van der Waals surface area (Å²) in [7, 11) is 0. The van der Waals surface area contributed by atoms with Crippen LogP contribution in [0.5, 0.6) is 0 Å². The third kappa shape index (κ3) is 9.45. The molecular formula is C28H47N3O5. The molecule has 204 valence electrons. The van der Waals surface area contributed by atoms with Gasteiger partial charge in [0, 0.05) is 12.6 Å². The molecule has 36 heavy (non-hydrogen) atoms. The van der Waals surface area contributed by atoms with E-state index in [-0.39, 0.29) is 31.0 Å². The Labute approximate surface area is 217 Å². The summed E-state index contributed by atoms with van der Waals surface area (Å²) < 4.78 is 5.40. The minimum atomic E-state index is -0.963. The number of nitrogens with one attached hydrogen (secondary N) is 2. The molecule has 0 aromatic heterocycles. The van der Waals surface area contributed by atoms with Crippen LogP contribution in [0.15, 0.2) is 18.2 Å². The van der Waals surface area contributed by atoms with Gasteiger partial charge >= 0.3 is 6.09 Å². The quantitative estimate of drug-likeness (QED) is 0.390. The van der Waals surface area contributed by atoms with Crippen molar-refractivity contribution in [2.45, 2.75) is 105 Å². The van der Waals surface area contributed by atoms with Crippen molar-refractivity contribution in [3.8, 4) is 0 Å². The van der Waals surface area contributed by atoms with Crippen molar-refractivity contribution in [3.05, 3.63) is 34.9 Å². The first-order valence-corrected chi connectivity index (χ1v) is 13.0. The van der Waals surface area contributed by atoms with E-state index >= 15 is 0 Å². The van der Waals surface area contributed by atoms with Gasteiger partial charge in [0.25, 0.3) is 0 Å². The number of benzene rings is 1. The summed E-state index contributed by atoms with van der Waals surface area (Å²) >= 11 is 0. The predicted octanol–water partition coefficient (Wildman–Crippen LogP) is 4.41. The molecule has 0 saturated carbocycles. The largest absolute Gasteiger partial charge is 0.444 e. The number of amides is 3. The van der Waals surface area contributed by atoms with Gasteiger partial charge in [-0.1, -0.05) is 51.8 Å². The second kappa shape index (κ2) is 14.2. The zero-order valence-corrected chi connectivity index (χ0v) is 23.6. The molecule has 0 aliphatic rings. The van der Waals surface area contributed by atoms with Gasteiger partial charge in [0.2, 0.25) is 11.8 Å². The van der Waals surface area contributed by atoms with E-state index in [1.807, 2.05) is 59.7 Å². The fraction of sp³-hybridized carbons (Fsp3) is 0.679. The van der Waals surface area contributed by atoms with Crippen LogP contribution in [0, 0.1) is 19.8 Å². The minimum absolute atomic E-state index is 0.0606. The maximum absolute atomic E-state index is 14.0. The summed E-state index contributed by atoms with van der Waals surface area (Å²) in [5.74, 6) is -0.986. The lowest BCUT2D eigenvalue weighted by molar-refractivity contribution is -0.144. The van der Waals surface area contributed by atoms with Crippen LogP contribution in [-0.2, 0) is 14.3 Å². The first kappa shape index (κ1) is 31.4. The first-order valence-electron chi connectivity index (χ1n) is 13.0. The molecule has 4 atom stereocenters. The van der Waals surface area contributed by atoms with Crippen molar-refractivity contribution in [1.29, 1.82) is 0 Å². The lowest BCUT2D eigenvalue weighted by atomic mass is 9.94. The molecule has 3 N–H and O–H groups in total. The van der Waals surface area contributed by atoms with E-state index in [4.69, 9.17) is 4.74 Å². The number of rotatable bonds is 12. The van der Waals surface area contributed by atoms with Gasteiger partial charge in [-0.3, -0.25) is 9.59 Å². The van der Waals surface area contributed by atoms with Crippen molar-refractivity contribution in [1.82, 2.24) is 15.5 Å². The third-order valence-corrected chi connectivity index (χ3v) is 6.29. The molecule has 0 saturated heterocycles. The summed E-state index contributed by atoms with van der Waals surface area (Å²) in [6.45, 7) is 16.6. The number of hydrogen-bond donors (Lipinski definition) is 3. The van der Waals surface area contributed by atoms with Crippen molar-refractivity contribution in [2.24, 2.45) is 5.92 Å². The normalized spacial score (nSPS) is 14.8. The monoisotopic (exact) mass is 505 g/mol. The second-order valence-corrected chi connectivity index (χ2v) is 10.7. The standard InChI is InChI=1S/C28H47N3O5/c1-10-12-21(6)29-25(33)24(22-14-13-19(4)20(5)17-22)31(15-16-32)26(34)23(18(3)11-2)30-27(35)36-28(7,8)9/h13-14,17-18,21,23-24,32H,10-12,15-16H2,1-9H3,(H,29,33)(H,30,35). The zero-order valence-electron chi connectivity index (χ0n) is 23.6. The molecule has 8 nitrogen and oxygen atoms in total. The highest BCUT2D eigenvalue weighted by Crippen LogP contribution is 2.26. The molecule has 0 aliphatic heterocycles. The lowest BCUT2D eigenvalue weighted by Gasteiger charge is -2.36. The van der Waals surface area contributed by atoms with Crippen molar-refractivity contribution < 1.29 is 24.2 Å². The molecule has 8 heteroatoms. The summed E-state index contributed by atoms with van der Waals surface area (Å²) in [5, 5.41) is 15.7. The smallest absolute Gasteiger partial charge is 0.408 e. The van der Waals surface area contributed by atoms with E-state index in [1.54, 1.807) is 20.8 Å². The lowest BCUT2D eigenvalue weighted by Crippen LogP contribution is -2.56. The fourth-order valence-corrected chi connectivity index (χ4v) is 4.01. The molecule has 0 aliphatic carbocycles. The van der Waals surface area contributed by atoms with Crippen LogP contribution >= 0.6 is 0 Å². The SMILES string of the molecule is CCCC(C)NC(=O)C(c1ccc(C)c(C)c1)N(CCO)C(=O)C(NC(=O)OC(C)(C)C)C(C)CC. The molecule has 0 spiro atoms. The van der Waals surface area contributed by atoms with Gasteiger partial charge in [-0.15, -0.1) is 0 Å². The number of hydrogen-bond acceptors (Lipinski definition) is 5. The number of carbonyl (C=O) groups is 3. The highest BCUT2D eigenvalue weighted by Gasteiger charge is 2.38. The van der Waals surface area contributed by atoms with Crippen LogP contribution in [-0.4, -0.2) is 58.8 Å². The number of aliphatic hydroxyl groups excluding tert-OH is 1. The van der Waals surface area contributed by atoms with E-state index in [0.717, 1.165) is 24.0 Å². The Kier molecular flexibility index (Phi) is 12.4. The number of alkyl carbamates (subject to hydrolysis) is 1. The van der Waals surface area contributed by atoms with E-state index in [9.17, 15) is 19.5 Å². The maximum Gasteiger partial charge on any atom is 0.408 e. The molecule has 4 unspecified atom stereocenters. The number of carbonyl (C=O) groups excluding carboxylic acids is 3. The molecule has 1 aromatic carbocycles. The first-order chi connectivity index (χ1) is 16.7. The van der Waals surface area contributed by atoms with Gasteiger partial charge in [0.15, 0.2) is 0 Å². The Morgan fingerprint density at radius 3 is 2.19 bits per heavy atom. The van der Waals surface area contributed by atoms with Gasteiger partial charge in [0.05, 0.1) is 6.61 Å². The van der Waals surface area contributed by atoms with Crippen LogP contribution < -0.4 is 10.6 Å². The third-order valence-electron chi connectivity index (χ3n) is 6.29. The number of nitrogens with zero attached hydrogens (tertiary/aromatic N) is 1. The van der Waals surface area contributed by atoms with E-state index in [0.29, 0.717) is 12.0 Å². The molecular weight excluding hydrogens is 458 g/mol. The highest BCUT2D eigenvalue weighted by molar-refractivity contribution is 5.92. The van der Waals surface area contributed by atoms with E-state index in [2.05, 4.69) is 10.6 Å². The zero-order chi connectivity index (χ0) is 27.6. The van der Waals surface area contributed by atoms with Crippen molar-refractivity contribution in [2.75, 3.05) is 13.2 Å². The second-order valence-electron chi connectivity index (χ2n) is 10.7.